The van der Waals surface area contributed by atoms with E-state index in [0.29, 0.717) is 26.1 Å². The van der Waals surface area contributed by atoms with E-state index in [1.165, 1.54) is 18.2 Å². The fraction of sp³-hybridized carbons (Fsp3) is 0. The lowest BCUT2D eigenvalue weighted by Gasteiger charge is -2.12. The van der Waals surface area contributed by atoms with E-state index < -0.39 is 4.92 Å². The zero-order chi connectivity index (χ0) is 22.4. The summed E-state index contributed by atoms with van der Waals surface area (Å²) in [7, 11) is 0. The van der Waals surface area contributed by atoms with Crippen LogP contribution in [0.3, 0.4) is 0 Å². The molecule has 0 aliphatic carbocycles. The van der Waals surface area contributed by atoms with Gasteiger partial charge in [0.15, 0.2) is 11.4 Å². The second-order valence-corrected chi connectivity index (χ2v) is 7.64. The fourth-order valence-corrected chi connectivity index (χ4v) is 3.88. The molecule has 0 bridgehead atoms. The number of benzene rings is 2. The minimum absolute atomic E-state index is 0.00104. The molecule has 1 aromatic heterocycles. The van der Waals surface area contributed by atoms with Crippen molar-refractivity contribution >= 4 is 60.8 Å². The molecule has 31 heavy (non-hydrogen) atoms. The van der Waals surface area contributed by atoms with Crippen molar-refractivity contribution < 1.29 is 9.66 Å². The van der Waals surface area contributed by atoms with Crippen LogP contribution < -0.4 is 10.1 Å². The average molecular weight is 541 g/mol. The van der Waals surface area contributed by atoms with Crippen molar-refractivity contribution in [2.45, 2.75) is 0 Å². The Bertz CT molecular complexity index is 1240. The number of hydrogen-bond donors (Lipinski definition) is 1. The van der Waals surface area contributed by atoms with Crippen LogP contribution in [0.25, 0.3) is 10.9 Å². The first-order valence-corrected chi connectivity index (χ1v) is 10.1. The molecule has 0 unspecified atom stereocenters. The molecule has 0 atom stereocenters. The second-order valence-electron chi connectivity index (χ2n) is 5.94. The predicted molar refractivity (Wildman–Crippen MR) is 123 cm³/mol. The van der Waals surface area contributed by atoms with Crippen LogP contribution in [0.1, 0.15) is 5.56 Å². The lowest BCUT2D eigenvalue weighted by molar-refractivity contribution is -0.384. The summed E-state index contributed by atoms with van der Waals surface area (Å²) >= 11 is 6.85. The predicted octanol–water partition coefficient (Wildman–Crippen LogP) is 7.14. The van der Waals surface area contributed by atoms with Gasteiger partial charge in [-0.15, -0.1) is 0 Å². The first-order valence-electron chi connectivity index (χ1n) is 8.54. The summed E-state index contributed by atoms with van der Waals surface area (Å²) in [5.41, 5.74) is 1.54. The molecule has 0 spiro atoms. The third kappa shape index (κ3) is 5.45. The van der Waals surface area contributed by atoms with Crippen LogP contribution in [0.15, 0.2) is 63.6 Å². The highest BCUT2D eigenvalue weighted by Crippen LogP contribution is 2.39. The molecule has 0 saturated heterocycles. The van der Waals surface area contributed by atoms with Crippen LogP contribution in [-0.4, -0.2) is 9.91 Å². The van der Waals surface area contributed by atoms with E-state index in [1.807, 2.05) is 6.07 Å². The summed E-state index contributed by atoms with van der Waals surface area (Å²) in [6, 6.07) is 14.6. The van der Waals surface area contributed by atoms with Crippen molar-refractivity contribution in [1.82, 2.24) is 4.98 Å². The van der Waals surface area contributed by atoms with Gasteiger partial charge in [-0.2, -0.15) is 10.2 Å². The molecule has 0 saturated carbocycles. The van der Waals surface area contributed by atoms with Crippen molar-refractivity contribution in [3.8, 4) is 17.7 Å². The first-order chi connectivity index (χ1) is 14.9. The van der Waals surface area contributed by atoms with Gasteiger partial charge < -0.3 is 10.1 Å². The molecule has 1 heterocycles. The minimum Gasteiger partial charge on any atom is -0.437 e. The molecule has 2 aromatic carbocycles. The molecular weight excluding hydrogens is 530 g/mol. The van der Waals surface area contributed by atoms with E-state index in [2.05, 4.69) is 47.0 Å². The van der Waals surface area contributed by atoms with Crippen molar-refractivity contribution in [3.05, 3.63) is 90.6 Å². The SMILES string of the molecule is [C-]#[N+]c1ccc(Nc2nc(Oc3c(Br)cc(/C=C/C#N)cc3Br)ccc2[N+](=O)[O-])cc1. The highest BCUT2D eigenvalue weighted by Gasteiger charge is 2.18. The number of allylic oxidation sites excluding steroid dienone is 1. The quantitative estimate of drug-likeness (QED) is 0.154. The summed E-state index contributed by atoms with van der Waals surface area (Å²) in [4.78, 5) is 18.4. The number of nitriles is 1. The molecule has 152 valence electrons. The molecule has 0 aliphatic heterocycles. The summed E-state index contributed by atoms with van der Waals surface area (Å²) in [5, 5.41) is 23.0. The van der Waals surface area contributed by atoms with Crippen molar-refractivity contribution in [2.75, 3.05) is 5.32 Å². The molecule has 8 nitrogen and oxygen atoms in total. The second kappa shape index (κ2) is 9.85. The molecule has 1 N–H and O–H groups in total. The lowest BCUT2D eigenvalue weighted by Crippen LogP contribution is -2.01. The summed E-state index contributed by atoms with van der Waals surface area (Å²) in [6.07, 6.45) is 3.00. The Hall–Kier alpha value is -3.73. The van der Waals surface area contributed by atoms with Crippen LogP contribution in [0.2, 0.25) is 0 Å². The maximum atomic E-state index is 11.4. The maximum absolute atomic E-state index is 11.4. The molecule has 0 radical (unpaired) electrons. The number of rotatable bonds is 6. The van der Waals surface area contributed by atoms with Gasteiger partial charge in [-0.1, -0.05) is 12.1 Å². The molecular formula is C21H11Br2N5O3. The normalized spacial score (nSPS) is 10.3. The Labute approximate surface area is 194 Å². The van der Waals surface area contributed by atoms with Crippen molar-refractivity contribution in [2.24, 2.45) is 0 Å². The highest BCUT2D eigenvalue weighted by atomic mass is 79.9. The van der Waals surface area contributed by atoms with Crippen LogP contribution in [0.4, 0.5) is 22.9 Å². The number of halogens is 2. The zero-order valence-corrected chi connectivity index (χ0v) is 18.7. The molecule has 10 heteroatoms. The summed E-state index contributed by atoms with van der Waals surface area (Å²) < 4.78 is 7.05. The maximum Gasteiger partial charge on any atom is 0.311 e. The average Bonchev–Trinajstić information content (AvgIpc) is 2.75. The first kappa shape index (κ1) is 22.0. The monoisotopic (exact) mass is 539 g/mol. The Morgan fingerprint density at radius 2 is 1.87 bits per heavy atom. The van der Waals surface area contributed by atoms with Gasteiger partial charge in [0.05, 0.1) is 26.5 Å². The Balaban J connectivity index is 1.93. The van der Waals surface area contributed by atoms with E-state index in [4.69, 9.17) is 16.6 Å². The Kier molecular flexibility index (Phi) is 6.98. The number of aromatic nitrogens is 1. The largest absolute Gasteiger partial charge is 0.437 e. The standard InChI is InChI=1S/C21H11Br2N5O3/c1-25-14-4-6-15(7-5-14)26-21-18(28(29)30)8-9-19(27-21)31-20-16(22)11-13(3-2-10-24)12-17(20)23/h2-9,11-12H,(H,26,27)/b3-2+. The van der Waals surface area contributed by atoms with Crippen LogP contribution in [0, 0.1) is 28.0 Å². The van der Waals surface area contributed by atoms with E-state index in [-0.39, 0.29) is 17.4 Å². The third-order valence-corrected chi connectivity index (χ3v) is 5.06. The number of anilines is 2. The number of hydrogen-bond acceptors (Lipinski definition) is 6. The number of nitrogens with zero attached hydrogens (tertiary/aromatic N) is 4. The van der Waals surface area contributed by atoms with Gasteiger partial charge in [0, 0.05) is 23.9 Å². The van der Waals surface area contributed by atoms with Gasteiger partial charge >= 0.3 is 5.69 Å². The van der Waals surface area contributed by atoms with E-state index >= 15 is 0 Å². The molecule has 3 aromatic rings. The lowest BCUT2D eigenvalue weighted by atomic mass is 10.2. The minimum atomic E-state index is -0.547. The van der Waals surface area contributed by atoms with Crippen LogP contribution >= 0.6 is 31.9 Å². The highest BCUT2D eigenvalue weighted by molar-refractivity contribution is 9.11. The van der Waals surface area contributed by atoms with Gasteiger partial charge in [-0.05, 0) is 67.8 Å². The zero-order valence-electron chi connectivity index (χ0n) is 15.5. The van der Waals surface area contributed by atoms with Crippen molar-refractivity contribution in [3.63, 3.8) is 0 Å². The van der Waals surface area contributed by atoms with Gasteiger partial charge in [0.2, 0.25) is 11.7 Å². The number of nitrogens with one attached hydrogen (secondary N) is 1. The Morgan fingerprint density at radius 3 is 2.45 bits per heavy atom. The molecule has 0 aliphatic rings. The molecule has 3 rings (SSSR count). The Morgan fingerprint density at radius 1 is 1.19 bits per heavy atom. The third-order valence-electron chi connectivity index (χ3n) is 3.88. The fourth-order valence-electron chi connectivity index (χ4n) is 2.50. The summed E-state index contributed by atoms with van der Waals surface area (Å²) in [6.45, 7) is 7.00. The van der Waals surface area contributed by atoms with Gasteiger partial charge in [-0.3, -0.25) is 10.1 Å². The molecule has 0 amide bonds. The van der Waals surface area contributed by atoms with E-state index in [1.54, 1.807) is 42.5 Å². The molecule has 0 fully saturated rings. The van der Waals surface area contributed by atoms with Gasteiger partial charge in [0.1, 0.15) is 0 Å². The van der Waals surface area contributed by atoms with Gasteiger partial charge in [-0.25, -0.2) is 4.85 Å². The topological polar surface area (TPSA) is 105 Å². The van der Waals surface area contributed by atoms with Crippen molar-refractivity contribution in [1.29, 1.82) is 5.26 Å². The van der Waals surface area contributed by atoms with Crippen LogP contribution in [-0.2, 0) is 0 Å². The van der Waals surface area contributed by atoms with E-state index in [9.17, 15) is 10.1 Å². The van der Waals surface area contributed by atoms with E-state index in [0.717, 1.165) is 5.56 Å². The smallest absolute Gasteiger partial charge is 0.311 e. The number of pyridine rings is 1. The summed E-state index contributed by atoms with van der Waals surface area (Å²) in [5.74, 6) is 0.550. The van der Waals surface area contributed by atoms with Gasteiger partial charge in [0.25, 0.3) is 0 Å². The number of nitro groups is 1. The van der Waals surface area contributed by atoms with Crippen LogP contribution in [0.5, 0.6) is 11.6 Å². The number of ether oxygens (including phenoxy) is 1.